The van der Waals surface area contributed by atoms with E-state index in [1.165, 1.54) is 12.1 Å². The lowest BCUT2D eigenvalue weighted by molar-refractivity contribution is 0.0827. The number of nitrogens with one attached hydrogen (secondary N) is 1. The predicted molar refractivity (Wildman–Crippen MR) is 71.6 cm³/mol. The highest BCUT2D eigenvalue weighted by Gasteiger charge is 2.26. The van der Waals surface area contributed by atoms with Gasteiger partial charge in [0, 0.05) is 24.6 Å². The zero-order valence-corrected chi connectivity index (χ0v) is 11.4. The average molecular weight is 265 g/mol. The van der Waals surface area contributed by atoms with Crippen LogP contribution < -0.4 is 5.32 Å². The van der Waals surface area contributed by atoms with Gasteiger partial charge in [0.25, 0.3) is 5.91 Å². The number of carbonyl (C=O) groups excluding carboxylic acids is 1. The molecule has 0 saturated carbocycles. The first-order valence-corrected chi connectivity index (χ1v) is 6.77. The number of benzene rings is 1. The summed E-state index contributed by atoms with van der Waals surface area (Å²) in [6.45, 7) is 5.14. The minimum Gasteiger partial charge on any atom is -0.378 e. The average Bonchev–Trinajstić information content (AvgIpc) is 2.86. The molecule has 19 heavy (non-hydrogen) atoms. The molecule has 1 aliphatic rings. The molecular formula is C15H20FNO2. The highest BCUT2D eigenvalue weighted by Crippen LogP contribution is 2.22. The Kier molecular flexibility index (Phi) is 4.53. The summed E-state index contributed by atoms with van der Waals surface area (Å²) in [4.78, 5) is 12.0. The van der Waals surface area contributed by atoms with E-state index in [4.69, 9.17) is 4.74 Å². The van der Waals surface area contributed by atoms with Crippen LogP contribution in [0.3, 0.4) is 0 Å². The molecule has 1 fully saturated rings. The molecule has 104 valence electrons. The van der Waals surface area contributed by atoms with Crippen molar-refractivity contribution in [3.8, 4) is 0 Å². The molecule has 1 aromatic rings. The highest BCUT2D eigenvalue weighted by molar-refractivity contribution is 5.94. The molecule has 0 aromatic heterocycles. The Hall–Kier alpha value is -1.42. The van der Waals surface area contributed by atoms with Gasteiger partial charge < -0.3 is 10.1 Å². The molecule has 1 saturated heterocycles. The van der Waals surface area contributed by atoms with Crippen LogP contribution >= 0.6 is 0 Å². The van der Waals surface area contributed by atoms with Crippen LogP contribution in [0.2, 0.25) is 0 Å². The molecule has 0 radical (unpaired) electrons. The number of rotatable bonds is 4. The number of aryl methyl sites for hydroxylation is 1. The number of hydrogen-bond acceptors (Lipinski definition) is 2. The summed E-state index contributed by atoms with van der Waals surface area (Å²) in [7, 11) is 0. The van der Waals surface area contributed by atoms with Gasteiger partial charge in [-0.05, 0) is 43.5 Å². The number of ether oxygens (including phenoxy) is 1. The lowest BCUT2D eigenvalue weighted by Gasteiger charge is -2.17. The zero-order valence-electron chi connectivity index (χ0n) is 11.4. The van der Waals surface area contributed by atoms with Crippen LogP contribution in [0.1, 0.15) is 35.7 Å². The Balaban J connectivity index is 1.92. The molecule has 2 unspecified atom stereocenters. The summed E-state index contributed by atoms with van der Waals surface area (Å²) in [5.41, 5.74) is 0.995. The van der Waals surface area contributed by atoms with Gasteiger partial charge in [0.15, 0.2) is 0 Å². The molecule has 1 aliphatic heterocycles. The van der Waals surface area contributed by atoms with Crippen LogP contribution in [-0.2, 0) is 4.74 Å². The second-order valence-corrected chi connectivity index (χ2v) is 5.04. The van der Waals surface area contributed by atoms with Crippen molar-refractivity contribution >= 4 is 5.91 Å². The number of amides is 1. The largest absolute Gasteiger partial charge is 0.378 e. The van der Waals surface area contributed by atoms with E-state index in [-0.39, 0.29) is 17.8 Å². The lowest BCUT2D eigenvalue weighted by atomic mass is 9.99. The third kappa shape index (κ3) is 3.32. The van der Waals surface area contributed by atoms with E-state index >= 15 is 0 Å². The zero-order chi connectivity index (χ0) is 13.8. The normalized spacial score (nSPS) is 22.5. The van der Waals surface area contributed by atoms with Crippen LogP contribution in [0.15, 0.2) is 18.2 Å². The lowest BCUT2D eigenvalue weighted by Crippen LogP contribution is -2.32. The van der Waals surface area contributed by atoms with Crippen LogP contribution in [0, 0.1) is 18.7 Å². The van der Waals surface area contributed by atoms with Gasteiger partial charge in [0.05, 0.1) is 6.10 Å². The highest BCUT2D eigenvalue weighted by atomic mass is 19.1. The molecule has 4 heteroatoms. The van der Waals surface area contributed by atoms with Gasteiger partial charge in [-0.2, -0.15) is 0 Å². The first-order chi connectivity index (χ1) is 9.11. The minimum atomic E-state index is -0.285. The first kappa shape index (κ1) is 14.0. The Morgan fingerprint density at radius 2 is 2.32 bits per heavy atom. The molecule has 0 spiro atoms. The predicted octanol–water partition coefficient (Wildman–Crippen LogP) is 2.68. The van der Waals surface area contributed by atoms with E-state index < -0.39 is 0 Å². The van der Waals surface area contributed by atoms with Crippen molar-refractivity contribution in [2.45, 2.75) is 32.8 Å². The van der Waals surface area contributed by atoms with Crippen LogP contribution in [0.25, 0.3) is 0 Å². The Labute approximate surface area is 113 Å². The summed E-state index contributed by atoms with van der Waals surface area (Å²) >= 11 is 0. The van der Waals surface area contributed by atoms with Gasteiger partial charge in [-0.15, -0.1) is 0 Å². The maximum Gasteiger partial charge on any atom is 0.251 e. The first-order valence-electron chi connectivity index (χ1n) is 6.77. The molecule has 2 rings (SSSR count). The fraction of sp³-hybridized carbons (Fsp3) is 0.533. The second-order valence-electron chi connectivity index (χ2n) is 5.04. The molecular weight excluding hydrogens is 245 g/mol. The number of carbonyl (C=O) groups is 1. The standard InChI is InChI=1S/C15H20FNO2/c1-3-14-12(6-7-19-14)9-17-15(18)11-4-5-13(16)10(2)8-11/h4-5,8,12,14H,3,6-7,9H2,1-2H3,(H,17,18). The van der Waals surface area contributed by atoms with Gasteiger partial charge in [0.2, 0.25) is 0 Å². The Bertz CT molecular complexity index is 461. The van der Waals surface area contributed by atoms with E-state index in [2.05, 4.69) is 12.2 Å². The number of hydrogen-bond donors (Lipinski definition) is 1. The molecule has 2 atom stereocenters. The van der Waals surface area contributed by atoms with E-state index in [0.29, 0.717) is 23.6 Å². The maximum atomic E-state index is 13.1. The van der Waals surface area contributed by atoms with E-state index in [0.717, 1.165) is 19.4 Å². The van der Waals surface area contributed by atoms with Crippen molar-refractivity contribution in [2.24, 2.45) is 5.92 Å². The summed E-state index contributed by atoms with van der Waals surface area (Å²) in [5, 5.41) is 2.91. The Morgan fingerprint density at radius 1 is 1.53 bits per heavy atom. The SMILES string of the molecule is CCC1OCCC1CNC(=O)c1ccc(F)c(C)c1. The topological polar surface area (TPSA) is 38.3 Å². The molecule has 1 amide bonds. The Morgan fingerprint density at radius 3 is 3.00 bits per heavy atom. The molecule has 1 aromatic carbocycles. The molecule has 1 heterocycles. The van der Waals surface area contributed by atoms with E-state index in [9.17, 15) is 9.18 Å². The summed E-state index contributed by atoms with van der Waals surface area (Å²) in [6, 6.07) is 4.42. The van der Waals surface area contributed by atoms with Crippen molar-refractivity contribution in [3.63, 3.8) is 0 Å². The molecule has 0 aliphatic carbocycles. The molecule has 0 bridgehead atoms. The molecule has 3 nitrogen and oxygen atoms in total. The van der Waals surface area contributed by atoms with Gasteiger partial charge in [-0.3, -0.25) is 4.79 Å². The van der Waals surface area contributed by atoms with Crippen molar-refractivity contribution < 1.29 is 13.9 Å². The van der Waals surface area contributed by atoms with Crippen molar-refractivity contribution in [3.05, 3.63) is 35.1 Å². The maximum absolute atomic E-state index is 13.1. The van der Waals surface area contributed by atoms with Gasteiger partial charge in [-0.25, -0.2) is 4.39 Å². The van der Waals surface area contributed by atoms with Crippen molar-refractivity contribution in [1.29, 1.82) is 0 Å². The van der Waals surface area contributed by atoms with Crippen molar-refractivity contribution in [2.75, 3.05) is 13.2 Å². The summed E-state index contributed by atoms with van der Waals surface area (Å²) in [5.74, 6) is -0.0489. The monoisotopic (exact) mass is 265 g/mol. The quantitative estimate of drug-likeness (QED) is 0.909. The smallest absolute Gasteiger partial charge is 0.251 e. The van der Waals surface area contributed by atoms with E-state index in [1.54, 1.807) is 13.0 Å². The third-order valence-electron chi connectivity index (χ3n) is 3.69. The van der Waals surface area contributed by atoms with Crippen LogP contribution in [-0.4, -0.2) is 25.2 Å². The summed E-state index contributed by atoms with van der Waals surface area (Å²) in [6.07, 6.45) is 2.20. The minimum absolute atomic E-state index is 0.148. The fourth-order valence-corrected chi connectivity index (χ4v) is 2.49. The van der Waals surface area contributed by atoms with Crippen LogP contribution in [0.4, 0.5) is 4.39 Å². The molecule has 1 N–H and O–H groups in total. The van der Waals surface area contributed by atoms with Gasteiger partial charge in [-0.1, -0.05) is 6.92 Å². The van der Waals surface area contributed by atoms with Crippen molar-refractivity contribution in [1.82, 2.24) is 5.32 Å². The van der Waals surface area contributed by atoms with E-state index in [1.807, 2.05) is 0 Å². The van der Waals surface area contributed by atoms with Gasteiger partial charge >= 0.3 is 0 Å². The van der Waals surface area contributed by atoms with Crippen LogP contribution in [0.5, 0.6) is 0 Å². The number of halogens is 1. The third-order valence-corrected chi connectivity index (χ3v) is 3.69. The fourth-order valence-electron chi connectivity index (χ4n) is 2.49. The summed E-state index contributed by atoms with van der Waals surface area (Å²) < 4.78 is 18.7. The van der Waals surface area contributed by atoms with Gasteiger partial charge in [0.1, 0.15) is 5.82 Å². The second kappa shape index (κ2) is 6.15.